The largest absolute Gasteiger partial charge is 0.495 e. The van der Waals surface area contributed by atoms with Gasteiger partial charge in [0, 0.05) is 0 Å². The number of hydrogen-bond acceptors (Lipinski definition) is 4. The molecule has 1 N–H and O–H groups in total. The van der Waals surface area contributed by atoms with E-state index in [0.29, 0.717) is 11.4 Å². The van der Waals surface area contributed by atoms with Crippen molar-refractivity contribution in [2.75, 3.05) is 19.0 Å². The van der Waals surface area contributed by atoms with E-state index in [4.69, 9.17) is 9.47 Å². The molecule has 2 aromatic rings. The highest BCUT2D eigenvalue weighted by molar-refractivity contribution is 5.94. The number of carbonyl (C=O) groups excluding carboxylic acids is 2. The number of rotatable bonds is 6. The van der Waals surface area contributed by atoms with Crippen molar-refractivity contribution in [3.05, 3.63) is 59.2 Å². The Morgan fingerprint density at radius 3 is 2.30 bits per heavy atom. The van der Waals surface area contributed by atoms with Crippen LogP contribution >= 0.6 is 0 Å². The van der Waals surface area contributed by atoms with Crippen LogP contribution < -0.4 is 10.1 Å². The topological polar surface area (TPSA) is 64.6 Å². The molecule has 0 radical (unpaired) electrons. The molecule has 0 fully saturated rings. The van der Waals surface area contributed by atoms with Gasteiger partial charge in [-0.15, -0.1) is 0 Å². The quantitative estimate of drug-likeness (QED) is 0.682. The molecule has 0 unspecified atom stereocenters. The number of amides is 1. The number of esters is 1. The molecule has 2 rings (SSSR count). The van der Waals surface area contributed by atoms with Gasteiger partial charge in [-0.2, -0.15) is 13.2 Å². The lowest BCUT2D eigenvalue weighted by Gasteiger charge is -2.21. The van der Waals surface area contributed by atoms with Crippen molar-refractivity contribution in [1.82, 2.24) is 0 Å². The molecule has 0 aromatic heterocycles. The normalized spacial score (nSPS) is 11.7. The highest BCUT2D eigenvalue weighted by atomic mass is 19.4. The Morgan fingerprint density at radius 2 is 1.70 bits per heavy atom. The van der Waals surface area contributed by atoms with Crippen molar-refractivity contribution in [3.8, 4) is 5.75 Å². The van der Waals surface area contributed by atoms with Crippen LogP contribution in [0.5, 0.6) is 5.75 Å². The maximum Gasteiger partial charge on any atom is 0.416 e. The molecular formula is C22H24F3NO4. The van der Waals surface area contributed by atoms with Gasteiger partial charge in [-0.05, 0) is 34.7 Å². The van der Waals surface area contributed by atoms with Crippen LogP contribution in [0.2, 0.25) is 0 Å². The monoisotopic (exact) mass is 423 g/mol. The second-order valence-electron chi connectivity index (χ2n) is 7.75. The van der Waals surface area contributed by atoms with Crippen LogP contribution in [0.15, 0.2) is 42.5 Å². The summed E-state index contributed by atoms with van der Waals surface area (Å²) in [5.41, 5.74) is 0.554. The number of carbonyl (C=O) groups is 2. The summed E-state index contributed by atoms with van der Waals surface area (Å²) in [7, 11) is 1.47. The van der Waals surface area contributed by atoms with Gasteiger partial charge in [0.05, 0.1) is 24.8 Å². The molecule has 0 saturated heterocycles. The van der Waals surface area contributed by atoms with Crippen molar-refractivity contribution in [3.63, 3.8) is 0 Å². The van der Waals surface area contributed by atoms with Crippen molar-refractivity contribution >= 4 is 17.6 Å². The van der Waals surface area contributed by atoms with E-state index in [2.05, 4.69) is 5.32 Å². The lowest BCUT2D eigenvalue weighted by Crippen LogP contribution is -2.22. The summed E-state index contributed by atoms with van der Waals surface area (Å²) in [5, 5.41) is 2.63. The molecule has 0 bridgehead atoms. The number of alkyl halides is 3. The van der Waals surface area contributed by atoms with Crippen LogP contribution in [-0.2, 0) is 32.3 Å². The summed E-state index contributed by atoms with van der Waals surface area (Å²) < 4.78 is 48.4. The van der Waals surface area contributed by atoms with Crippen molar-refractivity contribution in [2.45, 2.75) is 38.8 Å². The fourth-order valence-electron chi connectivity index (χ4n) is 2.68. The lowest BCUT2D eigenvalue weighted by atomic mass is 9.87. The molecule has 30 heavy (non-hydrogen) atoms. The molecule has 0 aliphatic heterocycles. The van der Waals surface area contributed by atoms with Gasteiger partial charge in [0.1, 0.15) is 5.75 Å². The predicted octanol–water partition coefficient (Wildman–Crippen LogP) is 4.74. The third-order valence-electron chi connectivity index (χ3n) is 4.31. The summed E-state index contributed by atoms with van der Waals surface area (Å²) in [6.07, 6.45) is -4.87. The third kappa shape index (κ3) is 6.50. The maximum absolute atomic E-state index is 12.8. The summed E-state index contributed by atoms with van der Waals surface area (Å²) in [6.45, 7) is 5.50. The average molecular weight is 423 g/mol. The second kappa shape index (κ2) is 9.19. The Kier molecular flexibility index (Phi) is 7.12. The first-order valence-electron chi connectivity index (χ1n) is 9.20. The highest BCUT2D eigenvalue weighted by Gasteiger charge is 2.30. The van der Waals surface area contributed by atoms with Crippen molar-refractivity contribution < 1.29 is 32.2 Å². The predicted molar refractivity (Wildman–Crippen MR) is 106 cm³/mol. The minimum Gasteiger partial charge on any atom is -0.495 e. The zero-order valence-electron chi connectivity index (χ0n) is 17.2. The molecule has 5 nitrogen and oxygen atoms in total. The van der Waals surface area contributed by atoms with E-state index in [1.54, 1.807) is 12.1 Å². The van der Waals surface area contributed by atoms with Gasteiger partial charge in [0.2, 0.25) is 0 Å². The standard InChI is InChI=1S/C22H24F3NO4/c1-21(2,3)15-8-9-18(29-4)17(12-15)26-19(27)13-30-20(28)11-14-6-5-7-16(10-14)22(23,24)25/h5-10,12H,11,13H2,1-4H3,(H,26,27). The second-order valence-corrected chi connectivity index (χ2v) is 7.75. The molecule has 1 amide bonds. The maximum atomic E-state index is 12.8. The van der Waals surface area contributed by atoms with Crippen LogP contribution in [0.3, 0.4) is 0 Å². The zero-order chi connectivity index (χ0) is 22.5. The number of anilines is 1. The van der Waals surface area contributed by atoms with Crippen LogP contribution in [0.1, 0.15) is 37.5 Å². The van der Waals surface area contributed by atoms with E-state index in [0.717, 1.165) is 17.7 Å². The van der Waals surface area contributed by atoms with Gasteiger partial charge < -0.3 is 14.8 Å². The van der Waals surface area contributed by atoms with Crippen molar-refractivity contribution in [2.24, 2.45) is 0 Å². The molecule has 8 heteroatoms. The third-order valence-corrected chi connectivity index (χ3v) is 4.31. The van der Waals surface area contributed by atoms with Gasteiger partial charge in [0.15, 0.2) is 6.61 Å². The van der Waals surface area contributed by atoms with Gasteiger partial charge in [-0.3, -0.25) is 9.59 Å². The number of ether oxygens (including phenoxy) is 2. The summed E-state index contributed by atoms with van der Waals surface area (Å²) in [4.78, 5) is 24.1. The first kappa shape index (κ1) is 23.3. The molecular weight excluding hydrogens is 399 g/mol. The molecule has 0 heterocycles. The van der Waals surface area contributed by atoms with E-state index >= 15 is 0 Å². The molecule has 162 valence electrons. The Labute approximate surface area is 173 Å². The fourth-order valence-corrected chi connectivity index (χ4v) is 2.68. The molecule has 0 atom stereocenters. The minimum atomic E-state index is -4.50. The van der Waals surface area contributed by atoms with Gasteiger partial charge in [-0.1, -0.05) is 45.0 Å². The Balaban J connectivity index is 1.97. The van der Waals surface area contributed by atoms with E-state index in [-0.39, 0.29) is 17.4 Å². The van der Waals surface area contributed by atoms with Crippen LogP contribution in [0, 0.1) is 0 Å². The average Bonchev–Trinajstić information content (AvgIpc) is 2.65. The first-order valence-corrected chi connectivity index (χ1v) is 9.20. The first-order chi connectivity index (χ1) is 13.9. The van der Waals surface area contributed by atoms with Crippen molar-refractivity contribution in [1.29, 1.82) is 0 Å². The minimum absolute atomic E-state index is 0.148. The fraction of sp³-hybridized carbons (Fsp3) is 0.364. The van der Waals surface area contributed by atoms with Gasteiger partial charge in [0.25, 0.3) is 5.91 Å². The number of benzene rings is 2. The molecule has 2 aromatic carbocycles. The summed E-state index contributed by atoms with van der Waals surface area (Å²) >= 11 is 0. The van der Waals surface area contributed by atoms with E-state index in [1.165, 1.54) is 19.2 Å². The van der Waals surface area contributed by atoms with E-state index in [1.807, 2.05) is 26.8 Å². The van der Waals surface area contributed by atoms with Crippen LogP contribution in [0.25, 0.3) is 0 Å². The number of methoxy groups -OCH3 is 1. The molecule has 0 spiro atoms. The molecule has 0 saturated carbocycles. The van der Waals surface area contributed by atoms with Gasteiger partial charge in [-0.25, -0.2) is 0 Å². The Bertz CT molecular complexity index is 917. The molecule has 0 aliphatic carbocycles. The van der Waals surface area contributed by atoms with E-state index < -0.39 is 30.2 Å². The van der Waals surface area contributed by atoms with E-state index in [9.17, 15) is 22.8 Å². The SMILES string of the molecule is COc1ccc(C(C)(C)C)cc1NC(=O)COC(=O)Cc1cccc(C(F)(F)F)c1. The Morgan fingerprint density at radius 1 is 1.00 bits per heavy atom. The molecule has 0 aliphatic rings. The highest BCUT2D eigenvalue weighted by Crippen LogP contribution is 2.31. The summed E-state index contributed by atoms with van der Waals surface area (Å²) in [5.74, 6) is -0.941. The van der Waals surface area contributed by atoms with Gasteiger partial charge >= 0.3 is 12.1 Å². The summed E-state index contributed by atoms with van der Waals surface area (Å²) in [6, 6.07) is 9.80. The smallest absolute Gasteiger partial charge is 0.416 e. The van der Waals surface area contributed by atoms with Crippen LogP contribution in [-0.4, -0.2) is 25.6 Å². The Hall–Kier alpha value is -3.03. The number of hydrogen-bond donors (Lipinski definition) is 1. The lowest BCUT2D eigenvalue weighted by molar-refractivity contribution is -0.146. The van der Waals surface area contributed by atoms with Crippen LogP contribution in [0.4, 0.5) is 18.9 Å². The zero-order valence-corrected chi connectivity index (χ0v) is 17.2. The number of nitrogens with one attached hydrogen (secondary N) is 1. The number of halogens is 3.